The maximum atomic E-state index is 12.1. The molecule has 0 bridgehead atoms. The van der Waals surface area contributed by atoms with Crippen LogP contribution in [0.15, 0.2) is 9.41 Å². The summed E-state index contributed by atoms with van der Waals surface area (Å²) >= 11 is 1.41. The van der Waals surface area contributed by atoms with E-state index in [0.717, 1.165) is 0 Å². The molecule has 1 rings (SSSR count). The first-order chi connectivity index (χ1) is 4.13. The lowest BCUT2D eigenvalue weighted by Crippen LogP contribution is -1.99. The molecule has 0 aromatic rings. The Morgan fingerprint density at radius 2 is 1.89 bits per heavy atom. The number of halogens is 2. The zero-order valence-electron chi connectivity index (χ0n) is 3.98. The highest BCUT2D eigenvalue weighted by atomic mass is 127. The summed E-state index contributed by atoms with van der Waals surface area (Å²) in [5.41, 5.74) is 0. The minimum absolute atomic E-state index is 0.280. The van der Waals surface area contributed by atoms with Crippen LogP contribution in [0.4, 0.5) is 4.39 Å². The van der Waals surface area contributed by atoms with Crippen LogP contribution >= 0.6 is 22.6 Å². The number of hydrogen-bond acceptors (Lipinski definition) is 3. The van der Waals surface area contributed by atoms with Crippen molar-refractivity contribution in [3.8, 4) is 0 Å². The second kappa shape index (κ2) is 2.05. The van der Waals surface area contributed by atoms with Crippen LogP contribution in [0.2, 0.25) is 0 Å². The van der Waals surface area contributed by atoms with Crippen LogP contribution in [0.3, 0.4) is 0 Å². The van der Waals surface area contributed by atoms with Crippen LogP contribution in [0.5, 0.6) is 0 Å². The van der Waals surface area contributed by atoms with Crippen molar-refractivity contribution in [2.24, 2.45) is 0 Å². The molecule has 0 spiro atoms. The summed E-state index contributed by atoms with van der Waals surface area (Å²) in [4.78, 5) is 20.4. The van der Waals surface area contributed by atoms with Crippen molar-refractivity contribution in [1.29, 1.82) is 0 Å². The van der Waals surface area contributed by atoms with E-state index in [4.69, 9.17) is 0 Å². The number of ether oxygens (including phenoxy) is 1. The van der Waals surface area contributed by atoms with Gasteiger partial charge in [-0.05, 0) is 22.6 Å². The second-order valence-corrected chi connectivity index (χ2v) is 2.38. The van der Waals surface area contributed by atoms with Crippen LogP contribution in [-0.4, -0.2) is 11.9 Å². The van der Waals surface area contributed by atoms with Gasteiger partial charge in [-0.2, -0.15) is 4.39 Å². The van der Waals surface area contributed by atoms with E-state index in [0.29, 0.717) is 0 Å². The monoisotopic (exact) mass is 242 g/mol. The fraction of sp³-hybridized carbons (Fsp3) is 0. The standard InChI is InChI=1S/C4FIO3/c5-1-2(6)4(8)9-3(1)7. The number of hydrogen-bond donors (Lipinski definition) is 0. The van der Waals surface area contributed by atoms with Gasteiger partial charge in [0, 0.05) is 0 Å². The Morgan fingerprint density at radius 1 is 1.33 bits per heavy atom. The number of carbonyl (C=O) groups is 2. The molecule has 48 valence electrons. The van der Waals surface area contributed by atoms with Crippen LogP contribution < -0.4 is 0 Å². The summed E-state index contributed by atoms with van der Waals surface area (Å²) in [5.74, 6) is -3.19. The van der Waals surface area contributed by atoms with Gasteiger partial charge in [-0.3, -0.25) is 0 Å². The van der Waals surface area contributed by atoms with Crippen molar-refractivity contribution in [1.82, 2.24) is 0 Å². The van der Waals surface area contributed by atoms with Crippen molar-refractivity contribution >= 4 is 34.5 Å². The minimum atomic E-state index is -1.19. The van der Waals surface area contributed by atoms with Crippen molar-refractivity contribution < 1.29 is 18.7 Å². The highest BCUT2D eigenvalue weighted by molar-refractivity contribution is 14.1. The molecule has 1 aliphatic heterocycles. The molecule has 0 aromatic carbocycles. The second-order valence-electron chi connectivity index (χ2n) is 1.30. The summed E-state index contributed by atoms with van der Waals surface area (Å²) in [5, 5.41) is 0. The number of rotatable bonds is 0. The average Bonchev–Trinajstić information content (AvgIpc) is 1.98. The maximum Gasteiger partial charge on any atom is 0.376 e. The summed E-state index contributed by atoms with van der Waals surface area (Å²) in [6.45, 7) is 0. The predicted molar refractivity (Wildman–Crippen MR) is 33.3 cm³/mol. The Labute approximate surface area is 63.0 Å². The summed E-state index contributed by atoms with van der Waals surface area (Å²) < 4.78 is 15.7. The topological polar surface area (TPSA) is 43.4 Å². The highest BCUT2D eigenvalue weighted by Gasteiger charge is 2.31. The molecule has 0 atom stereocenters. The molecular weight excluding hydrogens is 242 g/mol. The van der Waals surface area contributed by atoms with Crippen molar-refractivity contribution in [2.75, 3.05) is 0 Å². The summed E-state index contributed by atoms with van der Waals surface area (Å²) in [7, 11) is 0. The minimum Gasteiger partial charge on any atom is -0.384 e. The Kier molecular flexibility index (Phi) is 1.52. The van der Waals surface area contributed by atoms with Gasteiger partial charge in [0.25, 0.3) is 0 Å². The highest BCUT2D eigenvalue weighted by Crippen LogP contribution is 2.23. The van der Waals surface area contributed by atoms with E-state index in [2.05, 4.69) is 4.74 Å². The van der Waals surface area contributed by atoms with Gasteiger partial charge < -0.3 is 4.74 Å². The maximum absolute atomic E-state index is 12.1. The molecule has 1 heterocycles. The molecule has 0 saturated carbocycles. The van der Waals surface area contributed by atoms with Gasteiger partial charge in [-0.25, -0.2) is 9.59 Å². The number of carbonyl (C=O) groups excluding carboxylic acids is 2. The summed E-state index contributed by atoms with van der Waals surface area (Å²) in [6, 6.07) is 0. The van der Waals surface area contributed by atoms with Crippen LogP contribution in [0, 0.1) is 0 Å². The van der Waals surface area contributed by atoms with Crippen LogP contribution in [0.1, 0.15) is 0 Å². The van der Waals surface area contributed by atoms with Gasteiger partial charge in [0.2, 0.25) is 5.83 Å². The zero-order valence-corrected chi connectivity index (χ0v) is 6.14. The number of esters is 2. The Bertz CT molecular complexity index is 198. The molecule has 0 aromatic heterocycles. The van der Waals surface area contributed by atoms with Gasteiger partial charge >= 0.3 is 11.9 Å². The third-order valence-corrected chi connectivity index (χ3v) is 1.65. The SMILES string of the molecule is O=C1OC(=O)C(I)=C1F. The molecule has 5 heteroatoms. The Balaban J connectivity index is 3.06. The van der Waals surface area contributed by atoms with E-state index in [1.165, 1.54) is 22.6 Å². The van der Waals surface area contributed by atoms with Gasteiger partial charge in [-0.15, -0.1) is 0 Å². The molecule has 0 aliphatic carbocycles. The first-order valence-corrected chi connectivity index (χ1v) is 3.02. The molecule has 3 nitrogen and oxygen atoms in total. The van der Waals surface area contributed by atoms with Gasteiger partial charge in [0.1, 0.15) is 3.58 Å². The fourth-order valence-electron chi connectivity index (χ4n) is 0.353. The van der Waals surface area contributed by atoms with Crippen molar-refractivity contribution in [2.45, 2.75) is 0 Å². The third kappa shape index (κ3) is 0.958. The van der Waals surface area contributed by atoms with Gasteiger partial charge in [-0.1, -0.05) is 0 Å². The molecule has 9 heavy (non-hydrogen) atoms. The molecular formula is C4FIO3. The Morgan fingerprint density at radius 3 is 2.00 bits per heavy atom. The van der Waals surface area contributed by atoms with Gasteiger partial charge in [0.05, 0.1) is 0 Å². The quantitative estimate of drug-likeness (QED) is 0.356. The van der Waals surface area contributed by atoms with Crippen molar-refractivity contribution in [3.05, 3.63) is 9.41 Å². The lowest BCUT2D eigenvalue weighted by Gasteiger charge is -1.82. The predicted octanol–water partition coefficient (Wildman–Crippen LogP) is 0.686. The van der Waals surface area contributed by atoms with E-state index < -0.39 is 17.8 Å². The first-order valence-electron chi connectivity index (χ1n) is 1.94. The third-order valence-electron chi connectivity index (χ3n) is 0.737. The first kappa shape index (κ1) is 6.66. The molecule has 0 fully saturated rings. The van der Waals surface area contributed by atoms with E-state index in [1.807, 2.05) is 0 Å². The molecule has 0 amide bonds. The Hall–Kier alpha value is -0.460. The molecule has 0 N–H and O–H groups in total. The smallest absolute Gasteiger partial charge is 0.376 e. The molecule has 0 radical (unpaired) electrons. The van der Waals surface area contributed by atoms with Crippen LogP contribution in [0.25, 0.3) is 0 Å². The van der Waals surface area contributed by atoms with Gasteiger partial charge in [0.15, 0.2) is 0 Å². The zero-order chi connectivity index (χ0) is 7.02. The van der Waals surface area contributed by atoms with Crippen molar-refractivity contribution in [3.63, 3.8) is 0 Å². The lowest BCUT2D eigenvalue weighted by atomic mass is 10.5. The molecule has 0 saturated heterocycles. The van der Waals surface area contributed by atoms with E-state index >= 15 is 0 Å². The van der Waals surface area contributed by atoms with Crippen LogP contribution in [-0.2, 0) is 14.3 Å². The van der Waals surface area contributed by atoms with E-state index in [-0.39, 0.29) is 3.58 Å². The molecule has 0 unspecified atom stereocenters. The average molecular weight is 242 g/mol. The number of cyclic esters (lactones) is 2. The van der Waals surface area contributed by atoms with E-state index in [9.17, 15) is 14.0 Å². The summed E-state index contributed by atoms with van der Waals surface area (Å²) in [6.07, 6.45) is 0. The molecule has 1 aliphatic rings. The van der Waals surface area contributed by atoms with E-state index in [1.54, 1.807) is 0 Å². The largest absolute Gasteiger partial charge is 0.384 e. The lowest BCUT2D eigenvalue weighted by molar-refractivity contribution is -0.151. The fourth-order valence-corrected chi connectivity index (χ4v) is 0.683. The normalized spacial score (nSPS) is 18.9.